The van der Waals surface area contributed by atoms with Crippen LogP contribution in [-0.4, -0.2) is 39.4 Å². The zero-order chi connectivity index (χ0) is 25.4. The third kappa shape index (κ3) is 3.23. The lowest BCUT2D eigenvalue weighted by atomic mass is 9.47. The van der Waals surface area contributed by atoms with Gasteiger partial charge in [-0.3, -0.25) is 9.59 Å². The third-order valence-corrected chi connectivity index (χ3v) is 10.8. The van der Waals surface area contributed by atoms with Gasteiger partial charge in [-0.15, -0.1) is 0 Å². The van der Waals surface area contributed by atoms with Gasteiger partial charge in [0.15, 0.2) is 5.83 Å². The predicted molar refractivity (Wildman–Crippen MR) is 136 cm³/mol. The molecular weight excluding hydrogens is 455 g/mol. The fourth-order valence-electron chi connectivity index (χ4n) is 8.90. The maximum atomic E-state index is 14.6. The van der Waals surface area contributed by atoms with Gasteiger partial charge in [-0.25, -0.2) is 9.37 Å². The lowest BCUT2D eigenvalue weighted by Gasteiger charge is -2.60. The largest absolute Gasteiger partial charge is 0.349 e. The minimum absolute atomic E-state index is 0.00782. The van der Waals surface area contributed by atoms with E-state index in [4.69, 9.17) is 4.98 Å². The summed E-state index contributed by atoms with van der Waals surface area (Å²) in [6.45, 7) is 4.91. The molecular formula is C29H37FN4O2. The van der Waals surface area contributed by atoms with Crippen LogP contribution in [0, 0.1) is 34.5 Å². The van der Waals surface area contributed by atoms with Crippen molar-refractivity contribution in [3.8, 4) is 0 Å². The molecule has 1 aromatic heterocycles. The Hall–Kier alpha value is -2.70. The minimum atomic E-state index is -0.601. The number of nitrogens with one attached hydrogen (secondary N) is 1. The highest BCUT2D eigenvalue weighted by atomic mass is 19.1. The van der Waals surface area contributed by atoms with E-state index in [0.29, 0.717) is 24.3 Å². The average Bonchev–Trinajstić information content (AvgIpc) is 3.38. The molecule has 1 N–H and O–H groups in total. The first kappa shape index (κ1) is 23.7. The van der Waals surface area contributed by atoms with Crippen LogP contribution in [0.25, 0.3) is 11.0 Å². The van der Waals surface area contributed by atoms with Gasteiger partial charge < -0.3 is 14.8 Å². The quantitative estimate of drug-likeness (QED) is 0.673. The predicted octanol–water partition coefficient (Wildman–Crippen LogP) is 4.74. The molecule has 0 radical (unpaired) electrons. The van der Waals surface area contributed by atoms with E-state index >= 15 is 0 Å². The first-order valence-corrected chi connectivity index (χ1v) is 13.5. The molecule has 2 amide bonds. The van der Waals surface area contributed by atoms with Gasteiger partial charge in [-0.2, -0.15) is 0 Å². The molecule has 1 aliphatic heterocycles. The number of imidazole rings is 1. The van der Waals surface area contributed by atoms with Crippen molar-refractivity contribution in [3.63, 3.8) is 0 Å². The van der Waals surface area contributed by atoms with Gasteiger partial charge in [0.05, 0.1) is 17.6 Å². The van der Waals surface area contributed by atoms with Crippen LogP contribution in [0.3, 0.4) is 0 Å². The number of fused-ring (bicyclic) bond motifs is 6. The Morgan fingerprint density at radius 3 is 2.67 bits per heavy atom. The van der Waals surface area contributed by atoms with Crippen LogP contribution in [0.5, 0.6) is 0 Å². The standard InChI is InChI=1S/C29H37FN4O2/c1-28-14-13-19-17(9-12-24-29(19,2)15-21(30)27(36)34(24)4)18(28)10-11-20(28)26(35)31-16-25-32-22-7-5-6-8-23(22)33(25)3/h5-8,15,17-20,24H,9-14,16H2,1-4H3,(H,31,35)/t17-,18-,19+,20?,24?,28-,29+/m0/s1. The smallest absolute Gasteiger partial charge is 0.282 e. The zero-order valence-corrected chi connectivity index (χ0v) is 21.8. The molecule has 36 heavy (non-hydrogen) atoms. The molecule has 2 heterocycles. The van der Waals surface area contributed by atoms with E-state index in [-0.39, 0.29) is 28.7 Å². The fourth-order valence-corrected chi connectivity index (χ4v) is 8.90. The summed E-state index contributed by atoms with van der Waals surface area (Å²) in [5.41, 5.74) is 1.63. The minimum Gasteiger partial charge on any atom is -0.349 e. The summed E-state index contributed by atoms with van der Waals surface area (Å²) >= 11 is 0. The number of para-hydroxylation sites is 2. The van der Waals surface area contributed by atoms with Gasteiger partial charge in [0.2, 0.25) is 5.91 Å². The van der Waals surface area contributed by atoms with E-state index in [1.54, 1.807) is 18.0 Å². The summed E-state index contributed by atoms with van der Waals surface area (Å²) in [4.78, 5) is 32.2. The SMILES string of the molecule is CN1C(=O)C(F)=C[C@@]2(C)C1CC[C@@H]1[C@H]2CC[C@]2(C)C(C(=O)NCc3nc4ccccc4n3C)CC[C@@H]12. The first-order valence-electron chi connectivity index (χ1n) is 13.5. The molecule has 192 valence electrons. The van der Waals surface area contributed by atoms with Crippen LogP contribution < -0.4 is 5.32 Å². The van der Waals surface area contributed by atoms with Crippen molar-refractivity contribution >= 4 is 22.8 Å². The van der Waals surface area contributed by atoms with Crippen molar-refractivity contribution in [2.75, 3.05) is 7.05 Å². The fraction of sp³-hybridized carbons (Fsp3) is 0.621. The van der Waals surface area contributed by atoms with Crippen LogP contribution in [-0.2, 0) is 23.2 Å². The molecule has 1 aromatic carbocycles. The van der Waals surface area contributed by atoms with Crippen LogP contribution in [0.15, 0.2) is 36.2 Å². The maximum Gasteiger partial charge on any atom is 0.282 e. The van der Waals surface area contributed by atoms with Gasteiger partial charge in [0.1, 0.15) is 5.82 Å². The molecule has 6 nitrogen and oxygen atoms in total. The van der Waals surface area contributed by atoms with Gasteiger partial charge in [0, 0.05) is 31.5 Å². The summed E-state index contributed by atoms with van der Waals surface area (Å²) in [7, 11) is 3.75. The highest BCUT2D eigenvalue weighted by molar-refractivity contribution is 5.92. The van der Waals surface area contributed by atoms with E-state index in [1.165, 1.54) is 0 Å². The Morgan fingerprint density at radius 1 is 1.11 bits per heavy atom. The number of aryl methyl sites for hydroxylation is 1. The number of halogens is 1. The number of amides is 2. The zero-order valence-electron chi connectivity index (χ0n) is 21.8. The van der Waals surface area contributed by atoms with Crippen molar-refractivity contribution in [1.82, 2.24) is 19.8 Å². The topological polar surface area (TPSA) is 67.2 Å². The number of rotatable bonds is 3. The van der Waals surface area contributed by atoms with Crippen molar-refractivity contribution in [1.29, 1.82) is 0 Å². The summed E-state index contributed by atoms with van der Waals surface area (Å²) in [6, 6.07) is 8.09. The highest BCUT2D eigenvalue weighted by Gasteiger charge is 2.62. The molecule has 2 unspecified atom stereocenters. The Morgan fingerprint density at radius 2 is 1.89 bits per heavy atom. The Labute approximate surface area is 212 Å². The maximum absolute atomic E-state index is 14.6. The molecule has 3 aliphatic carbocycles. The van der Waals surface area contributed by atoms with E-state index in [2.05, 4.69) is 23.7 Å². The second-order valence-corrected chi connectivity index (χ2v) is 12.2. The summed E-state index contributed by atoms with van der Waals surface area (Å²) < 4.78 is 16.7. The van der Waals surface area contributed by atoms with Crippen molar-refractivity contribution < 1.29 is 14.0 Å². The number of benzene rings is 1. The summed E-state index contributed by atoms with van der Waals surface area (Å²) in [6.07, 6.45) is 7.50. The van der Waals surface area contributed by atoms with E-state index in [1.807, 2.05) is 31.3 Å². The number of carbonyl (C=O) groups excluding carboxylic acids is 2. The van der Waals surface area contributed by atoms with Crippen LogP contribution in [0.1, 0.15) is 58.2 Å². The second kappa shape index (κ2) is 8.15. The van der Waals surface area contributed by atoms with Gasteiger partial charge in [0.25, 0.3) is 5.91 Å². The van der Waals surface area contributed by atoms with Gasteiger partial charge in [-0.05, 0) is 79.9 Å². The highest BCUT2D eigenvalue weighted by Crippen LogP contribution is 2.65. The van der Waals surface area contributed by atoms with Crippen LogP contribution in [0.4, 0.5) is 4.39 Å². The number of hydrogen-bond acceptors (Lipinski definition) is 3. The van der Waals surface area contributed by atoms with E-state index in [9.17, 15) is 14.0 Å². The number of likely N-dealkylation sites (N-methyl/N-ethyl adjacent to an activating group) is 1. The van der Waals surface area contributed by atoms with Crippen LogP contribution >= 0.6 is 0 Å². The molecule has 0 saturated heterocycles. The lowest BCUT2D eigenvalue weighted by Crippen LogP contribution is -2.60. The monoisotopic (exact) mass is 492 g/mol. The third-order valence-electron chi connectivity index (χ3n) is 10.8. The van der Waals surface area contributed by atoms with Gasteiger partial charge >= 0.3 is 0 Å². The number of nitrogens with zero attached hydrogens (tertiary/aromatic N) is 3. The Balaban J connectivity index is 1.20. The van der Waals surface area contributed by atoms with E-state index in [0.717, 1.165) is 55.4 Å². The first-order chi connectivity index (χ1) is 17.1. The normalized spacial score (nSPS) is 37.8. The molecule has 4 aliphatic rings. The van der Waals surface area contributed by atoms with Gasteiger partial charge in [-0.1, -0.05) is 26.0 Å². The molecule has 7 heteroatoms. The van der Waals surface area contributed by atoms with E-state index < -0.39 is 11.7 Å². The van der Waals surface area contributed by atoms with Crippen molar-refractivity contribution in [2.24, 2.45) is 41.5 Å². The molecule has 0 spiro atoms. The van der Waals surface area contributed by atoms with Crippen LogP contribution in [0.2, 0.25) is 0 Å². The second-order valence-electron chi connectivity index (χ2n) is 12.2. The number of carbonyl (C=O) groups is 2. The number of aromatic nitrogens is 2. The molecule has 2 aromatic rings. The molecule has 6 rings (SSSR count). The summed E-state index contributed by atoms with van der Waals surface area (Å²) in [5.74, 6) is 1.19. The molecule has 3 saturated carbocycles. The van der Waals surface area contributed by atoms with Crippen molar-refractivity contribution in [3.05, 3.63) is 42.0 Å². The Kier molecular flexibility index (Phi) is 5.36. The summed E-state index contributed by atoms with van der Waals surface area (Å²) in [5, 5.41) is 3.22. The Bertz CT molecular complexity index is 1270. The van der Waals surface area contributed by atoms with Crippen molar-refractivity contribution in [2.45, 2.75) is 65.0 Å². The molecule has 3 fully saturated rings. The average molecular weight is 493 g/mol. The lowest BCUT2D eigenvalue weighted by molar-refractivity contribution is -0.145. The molecule has 0 bridgehead atoms. The number of hydrogen-bond donors (Lipinski definition) is 1. The molecule has 7 atom stereocenters.